The molecule has 0 aliphatic carbocycles. The first kappa shape index (κ1) is 20.9. The number of amides is 1. The molecule has 152 valence electrons. The van der Waals surface area contributed by atoms with Crippen molar-refractivity contribution in [2.75, 3.05) is 6.54 Å². The van der Waals surface area contributed by atoms with E-state index < -0.39 is 0 Å². The molecule has 0 aromatic heterocycles. The number of carbonyl (C=O) groups excluding carboxylic acids is 1. The fourth-order valence-electron chi connectivity index (χ4n) is 4.42. The van der Waals surface area contributed by atoms with Crippen molar-refractivity contribution in [2.24, 2.45) is 5.92 Å². The normalized spacial score (nSPS) is 24.0. The second kappa shape index (κ2) is 9.13. The van der Waals surface area contributed by atoms with Gasteiger partial charge < -0.3 is 9.64 Å². The molecule has 3 nitrogen and oxygen atoms in total. The van der Waals surface area contributed by atoms with Crippen LogP contribution in [0, 0.1) is 5.92 Å². The molecule has 0 N–H and O–H groups in total. The molecule has 0 saturated carbocycles. The van der Waals surface area contributed by atoms with E-state index in [0.717, 1.165) is 30.7 Å². The van der Waals surface area contributed by atoms with Crippen molar-refractivity contribution < 1.29 is 9.53 Å². The lowest BCUT2D eigenvalue weighted by molar-refractivity contribution is -0.132. The van der Waals surface area contributed by atoms with Gasteiger partial charge in [0, 0.05) is 12.6 Å². The number of likely N-dealkylation sites (tertiary alicyclic amines) is 1. The Labute approximate surface area is 174 Å². The Morgan fingerprint density at radius 2 is 1.97 bits per heavy atom. The minimum atomic E-state index is -0.0439. The van der Waals surface area contributed by atoms with E-state index in [1.54, 1.807) is 0 Å². The molecule has 1 fully saturated rings. The van der Waals surface area contributed by atoms with Crippen LogP contribution < -0.4 is 4.74 Å². The third-order valence-electron chi connectivity index (χ3n) is 6.46. The minimum absolute atomic E-state index is 0.00527. The fraction of sp³-hybridized carbons (Fsp3) is 0.346. The molecule has 0 radical (unpaired) electrons. The van der Waals surface area contributed by atoms with Gasteiger partial charge in [-0.3, -0.25) is 4.79 Å². The van der Waals surface area contributed by atoms with Crippen LogP contribution in [0.2, 0.25) is 0 Å². The maximum atomic E-state index is 12.4. The number of hydrogen-bond acceptors (Lipinski definition) is 2. The van der Waals surface area contributed by atoms with E-state index >= 15 is 0 Å². The van der Waals surface area contributed by atoms with Crippen molar-refractivity contribution in [3.63, 3.8) is 0 Å². The van der Waals surface area contributed by atoms with Crippen LogP contribution in [0.3, 0.4) is 0 Å². The Morgan fingerprint density at radius 3 is 2.66 bits per heavy atom. The van der Waals surface area contributed by atoms with Crippen LogP contribution in [-0.2, 0) is 16.8 Å². The van der Waals surface area contributed by atoms with Gasteiger partial charge in [0.05, 0.1) is 0 Å². The summed E-state index contributed by atoms with van der Waals surface area (Å²) in [7, 11) is 0. The van der Waals surface area contributed by atoms with Crippen molar-refractivity contribution in [2.45, 2.75) is 44.8 Å². The number of nitrogens with zero attached hydrogens (tertiary/aromatic N) is 1. The molecule has 2 aromatic carbocycles. The molecule has 3 atom stereocenters. The van der Waals surface area contributed by atoms with E-state index in [9.17, 15) is 4.79 Å². The number of ether oxygens (including phenoxy) is 1. The van der Waals surface area contributed by atoms with Gasteiger partial charge in [-0.2, -0.15) is 0 Å². The maximum absolute atomic E-state index is 12.4. The topological polar surface area (TPSA) is 29.5 Å². The van der Waals surface area contributed by atoms with Crippen molar-refractivity contribution in [1.82, 2.24) is 4.90 Å². The standard InChI is InChI=1S/C26H31NO2/c1-5-11-24-20(3)26(4,16-17-27(24)25(28)6-2)22-14-10-15-23(18-22)29-19-21-12-8-7-9-13-21/h5-10,12-15,18,20,24H,1-2,11,16-17,19H2,3-4H3/t20-,24?,26+/m0/s1. The fourth-order valence-corrected chi connectivity index (χ4v) is 4.42. The maximum Gasteiger partial charge on any atom is 0.246 e. The summed E-state index contributed by atoms with van der Waals surface area (Å²) in [4.78, 5) is 14.3. The van der Waals surface area contributed by atoms with Gasteiger partial charge in [0.25, 0.3) is 0 Å². The molecule has 3 rings (SSSR count). The predicted molar refractivity (Wildman–Crippen MR) is 119 cm³/mol. The Balaban J connectivity index is 1.82. The predicted octanol–water partition coefficient (Wildman–Crippen LogP) is 5.52. The molecular weight excluding hydrogens is 358 g/mol. The molecule has 2 aromatic rings. The van der Waals surface area contributed by atoms with E-state index in [2.05, 4.69) is 57.3 Å². The highest BCUT2D eigenvalue weighted by molar-refractivity contribution is 5.87. The Morgan fingerprint density at radius 1 is 1.21 bits per heavy atom. The van der Waals surface area contributed by atoms with Gasteiger partial charge >= 0.3 is 0 Å². The second-order valence-corrected chi connectivity index (χ2v) is 8.09. The number of hydrogen-bond donors (Lipinski definition) is 0. The summed E-state index contributed by atoms with van der Waals surface area (Å²) in [5.41, 5.74) is 2.37. The van der Waals surface area contributed by atoms with E-state index in [-0.39, 0.29) is 23.3 Å². The first-order chi connectivity index (χ1) is 14.0. The molecule has 1 unspecified atom stereocenters. The molecule has 1 amide bonds. The zero-order valence-electron chi connectivity index (χ0n) is 17.5. The van der Waals surface area contributed by atoms with Gasteiger partial charge in [0.15, 0.2) is 0 Å². The van der Waals surface area contributed by atoms with Crippen molar-refractivity contribution in [3.05, 3.63) is 91.0 Å². The first-order valence-corrected chi connectivity index (χ1v) is 10.3. The Bertz CT molecular complexity index is 860. The monoisotopic (exact) mass is 389 g/mol. The summed E-state index contributed by atoms with van der Waals surface area (Å²) in [5.74, 6) is 1.16. The summed E-state index contributed by atoms with van der Waals surface area (Å²) < 4.78 is 6.06. The first-order valence-electron chi connectivity index (χ1n) is 10.3. The average Bonchev–Trinajstić information content (AvgIpc) is 2.76. The zero-order valence-corrected chi connectivity index (χ0v) is 17.5. The highest BCUT2D eigenvalue weighted by Gasteiger charge is 2.44. The van der Waals surface area contributed by atoms with Gasteiger partial charge in [-0.15, -0.1) is 6.58 Å². The van der Waals surface area contributed by atoms with Crippen LogP contribution in [0.5, 0.6) is 5.75 Å². The van der Waals surface area contributed by atoms with Crippen molar-refractivity contribution in [1.29, 1.82) is 0 Å². The Hall–Kier alpha value is -2.81. The molecule has 0 spiro atoms. The number of rotatable bonds is 7. The summed E-state index contributed by atoms with van der Waals surface area (Å²) in [6, 6.07) is 18.7. The minimum Gasteiger partial charge on any atom is -0.489 e. The van der Waals surface area contributed by atoms with Crippen LogP contribution in [0.4, 0.5) is 0 Å². The molecule has 29 heavy (non-hydrogen) atoms. The molecule has 0 bridgehead atoms. The molecular formula is C26H31NO2. The van der Waals surface area contributed by atoms with E-state index in [1.165, 1.54) is 11.6 Å². The third-order valence-corrected chi connectivity index (χ3v) is 6.46. The average molecular weight is 390 g/mol. The summed E-state index contributed by atoms with van der Waals surface area (Å²) in [5, 5.41) is 0. The van der Waals surface area contributed by atoms with Gasteiger partial charge in [-0.25, -0.2) is 0 Å². The van der Waals surface area contributed by atoms with E-state index in [0.29, 0.717) is 6.61 Å². The van der Waals surface area contributed by atoms with Crippen LogP contribution in [0.25, 0.3) is 0 Å². The highest BCUT2D eigenvalue weighted by atomic mass is 16.5. The van der Waals surface area contributed by atoms with Crippen LogP contribution in [0.1, 0.15) is 37.8 Å². The van der Waals surface area contributed by atoms with Crippen molar-refractivity contribution >= 4 is 5.91 Å². The second-order valence-electron chi connectivity index (χ2n) is 8.09. The molecule has 1 heterocycles. The lowest BCUT2D eigenvalue weighted by Crippen LogP contribution is -2.55. The largest absolute Gasteiger partial charge is 0.489 e. The quantitative estimate of drug-likeness (QED) is 0.461. The molecule has 1 saturated heterocycles. The number of carbonyl (C=O) groups is 1. The zero-order chi connectivity index (χ0) is 20.9. The van der Waals surface area contributed by atoms with Crippen LogP contribution in [0.15, 0.2) is 79.9 Å². The smallest absolute Gasteiger partial charge is 0.246 e. The van der Waals surface area contributed by atoms with E-state index in [4.69, 9.17) is 4.74 Å². The SMILES string of the molecule is C=CCC1[C@H](C)[C@](C)(c2cccc(OCc3ccccc3)c2)CCN1C(=O)C=C. The van der Waals surface area contributed by atoms with Gasteiger partial charge in [0.1, 0.15) is 12.4 Å². The lowest BCUT2D eigenvalue weighted by atomic mass is 9.64. The summed E-state index contributed by atoms with van der Waals surface area (Å²) in [6.07, 6.45) is 5.02. The van der Waals surface area contributed by atoms with Gasteiger partial charge in [-0.05, 0) is 53.5 Å². The molecule has 3 heteroatoms. The Kier molecular flexibility index (Phi) is 6.58. The number of benzene rings is 2. The highest BCUT2D eigenvalue weighted by Crippen LogP contribution is 2.44. The molecule has 1 aliphatic rings. The number of piperidine rings is 1. The summed E-state index contributed by atoms with van der Waals surface area (Å²) in [6.45, 7) is 13.4. The third kappa shape index (κ3) is 4.45. The summed E-state index contributed by atoms with van der Waals surface area (Å²) >= 11 is 0. The van der Waals surface area contributed by atoms with Crippen LogP contribution in [-0.4, -0.2) is 23.4 Å². The molecule has 1 aliphatic heterocycles. The van der Waals surface area contributed by atoms with Crippen molar-refractivity contribution in [3.8, 4) is 5.75 Å². The lowest BCUT2D eigenvalue weighted by Gasteiger charge is -2.50. The van der Waals surface area contributed by atoms with Gasteiger partial charge in [-0.1, -0.05) is 69.0 Å². The van der Waals surface area contributed by atoms with E-state index in [1.807, 2.05) is 35.2 Å². The van der Waals surface area contributed by atoms with Crippen LogP contribution >= 0.6 is 0 Å². The van der Waals surface area contributed by atoms with Gasteiger partial charge in [0.2, 0.25) is 5.91 Å².